The van der Waals surface area contributed by atoms with Crippen LogP contribution in [0.5, 0.6) is 0 Å². The van der Waals surface area contributed by atoms with Crippen LogP contribution in [0.2, 0.25) is 0 Å². The lowest BCUT2D eigenvalue weighted by atomic mass is 10.0. The van der Waals surface area contributed by atoms with Crippen molar-refractivity contribution in [2.45, 2.75) is 46.1 Å². The highest BCUT2D eigenvalue weighted by molar-refractivity contribution is 5.91. The van der Waals surface area contributed by atoms with Crippen molar-refractivity contribution >= 4 is 5.91 Å². The smallest absolute Gasteiger partial charge is 0.273 e. The van der Waals surface area contributed by atoms with E-state index in [1.54, 1.807) is 10.9 Å². The van der Waals surface area contributed by atoms with Crippen LogP contribution in [-0.4, -0.2) is 83.7 Å². The van der Waals surface area contributed by atoms with E-state index in [9.17, 15) is 4.79 Å². The Hall–Kier alpha value is -1.55. The van der Waals surface area contributed by atoms with Gasteiger partial charge in [0.2, 0.25) is 0 Å². The minimum atomic E-state index is -0.400. The van der Waals surface area contributed by atoms with Gasteiger partial charge in [-0.05, 0) is 27.7 Å². The molecule has 0 atom stereocenters. The molecule has 2 heterocycles. The van der Waals surface area contributed by atoms with Gasteiger partial charge < -0.3 is 19.5 Å². The number of rotatable bonds is 10. The van der Waals surface area contributed by atoms with Gasteiger partial charge in [0.05, 0.1) is 26.0 Å². The minimum Gasteiger partial charge on any atom is -0.379 e. The van der Waals surface area contributed by atoms with E-state index in [2.05, 4.69) is 34.4 Å². The first kappa shape index (κ1) is 20.8. The van der Waals surface area contributed by atoms with E-state index < -0.39 is 6.29 Å². The van der Waals surface area contributed by atoms with Crippen LogP contribution in [0, 0.1) is 0 Å². The zero-order valence-corrected chi connectivity index (χ0v) is 16.2. The Morgan fingerprint density at radius 1 is 1.31 bits per heavy atom. The van der Waals surface area contributed by atoms with Crippen molar-refractivity contribution < 1.29 is 19.0 Å². The lowest BCUT2D eigenvalue weighted by Crippen LogP contribution is -2.55. The van der Waals surface area contributed by atoms with Crippen molar-refractivity contribution in [2.75, 3.05) is 46.1 Å². The third-order valence-electron chi connectivity index (χ3n) is 4.36. The highest BCUT2D eigenvalue weighted by Gasteiger charge is 2.29. The molecular weight excluding hydrogens is 338 g/mol. The van der Waals surface area contributed by atoms with Gasteiger partial charge in [-0.1, -0.05) is 5.21 Å². The summed E-state index contributed by atoms with van der Waals surface area (Å²) in [5.74, 6) is -0.234. The molecule has 0 saturated carbocycles. The van der Waals surface area contributed by atoms with E-state index in [0.29, 0.717) is 26.3 Å². The quantitative estimate of drug-likeness (QED) is 0.601. The highest BCUT2D eigenvalue weighted by atomic mass is 16.7. The largest absolute Gasteiger partial charge is 0.379 e. The second-order valence-electron chi connectivity index (χ2n) is 6.76. The Morgan fingerprint density at radius 2 is 1.96 bits per heavy atom. The number of aromatic nitrogens is 3. The number of morpholine rings is 1. The van der Waals surface area contributed by atoms with Gasteiger partial charge in [-0.3, -0.25) is 9.69 Å². The van der Waals surface area contributed by atoms with Gasteiger partial charge in [0, 0.05) is 38.4 Å². The molecule has 0 aromatic carbocycles. The number of carbonyl (C=O) groups is 1. The van der Waals surface area contributed by atoms with Crippen LogP contribution in [0.3, 0.4) is 0 Å². The van der Waals surface area contributed by atoms with E-state index in [4.69, 9.17) is 14.2 Å². The first-order valence-electron chi connectivity index (χ1n) is 9.20. The van der Waals surface area contributed by atoms with Gasteiger partial charge >= 0.3 is 0 Å². The summed E-state index contributed by atoms with van der Waals surface area (Å²) in [6, 6.07) is 0. The van der Waals surface area contributed by atoms with Crippen molar-refractivity contribution in [2.24, 2.45) is 0 Å². The van der Waals surface area contributed by atoms with Crippen molar-refractivity contribution in [1.29, 1.82) is 0 Å². The Balaban J connectivity index is 1.86. The molecule has 0 spiro atoms. The zero-order valence-electron chi connectivity index (χ0n) is 16.2. The summed E-state index contributed by atoms with van der Waals surface area (Å²) >= 11 is 0. The summed E-state index contributed by atoms with van der Waals surface area (Å²) in [6.07, 6.45) is 1.21. The van der Waals surface area contributed by atoms with Crippen molar-refractivity contribution in [3.05, 3.63) is 11.9 Å². The molecule has 148 valence electrons. The van der Waals surface area contributed by atoms with Gasteiger partial charge in [-0.15, -0.1) is 5.10 Å². The average molecular weight is 369 g/mol. The molecule has 1 saturated heterocycles. The molecule has 0 radical (unpaired) electrons. The summed E-state index contributed by atoms with van der Waals surface area (Å²) in [5.41, 5.74) is 0.138. The molecule has 1 fully saturated rings. The molecule has 9 heteroatoms. The van der Waals surface area contributed by atoms with Crippen LogP contribution in [-0.2, 0) is 20.8 Å². The molecule has 9 nitrogen and oxygen atoms in total. The molecule has 1 aliphatic heterocycles. The fourth-order valence-corrected chi connectivity index (χ4v) is 2.84. The van der Waals surface area contributed by atoms with Gasteiger partial charge in [-0.2, -0.15) is 0 Å². The van der Waals surface area contributed by atoms with E-state index in [1.165, 1.54) is 0 Å². The first-order chi connectivity index (χ1) is 12.5. The van der Waals surface area contributed by atoms with Gasteiger partial charge in [0.15, 0.2) is 12.0 Å². The molecule has 26 heavy (non-hydrogen) atoms. The molecule has 2 rings (SSSR count). The molecule has 0 bridgehead atoms. The first-order valence-corrected chi connectivity index (χ1v) is 9.20. The summed E-state index contributed by atoms with van der Waals surface area (Å²) < 4.78 is 17.9. The average Bonchev–Trinajstić information content (AvgIpc) is 3.09. The predicted molar refractivity (Wildman–Crippen MR) is 95.9 cm³/mol. The maximum atomic E-state index is 12.4. The van der Waals surface area contributed by atoms with E-state index in [0.717, 1.165) is 26.3 Å². The Kier molecular flexibility index (Phi) is 7.95. The lowest BCUT2D eigenvalue weighted by Gasteiger charge is -2.40. The number of carbonyl (C=O) groups excluding carboxylic acids is 1. The van der Waals surface area contributed by atoms with Gasteiger partial charge in [0.1, 0.15) is 0 Å². The molecule has 1 aromatic heterocycles. The van der Waals surface area contributed by atoms with E-state index >= 15 is 0 Å². The Labute approximate surface area is 155 Å². The van der Waals surface area contributed by atoms with Crippen molar-refractivity contribution in [1.82, 2.24) is 25.2 Å². The summed E-state index contributed by atoms with van der Waals surface area (Å²) in [4.78, 5) is 14.7. The Bertz CT molecular complexity index is 551. The molecule has 1 aliphatic rings. The number of amides is 1. The molecule has 1 N–H and O–H groups in total. The predicted octanol–water partition coefficient (Wildman–Crippen LogP) is 0.518. The van der Waals surface area contributed by atoms with Crippen molar-refractivity contribution in [3.63, 3.8) is 0 Å². The SMILES string of the molecule is CCOC(Cn1cc(C(=O)NCC(C)(C)N2CCOCC2)nn1)OCC. The van der Waals surface area contributed by atoms with Crippen LogP contribution in [0.25, 0.3) is 0 Å². The van der Waals surface area contributed by atoms with E-state index in [-0.39, 0.29) is 17.1 Å². The fourth-order valence-electron chi connectivity index (χ4n) is 2.84. The van der Waals surface area contributed by atoms with Crippen LogP contribution in [0.15, 0.2) is 6.20 Å². The zero-order chi connectivity index (χ0) is 19.0. The molecule has 0 aliphatic carbocycles. The van der Waals surface area contributed by atoms with Gasteiger partial charge in [0.25, 0.3) is 5.91 Å². The number of nitrogens with one attached hydrogen (secondary N) is 1. The number of hydrogen-bond acceptors (Lipinski definition) is 7. The number of ether oxygens (including phenoxy) is 3. The van der Waals surface area contributed by atoms with Crippen LogP contribution in [0.1, 0.15) is 38.2 Å². The number of hydrogen-bond donors (Lipinski definition) is 1. The second kappa shape index (κ2) is 9.96. The normalized spacial score (nSPS) is 16.2. The monoisotopic (exact) mass is 369 g/mol. The van der Waals surface area contributed by atoms with Crippen LogP contribution >= 0.6 is 0 Å². The summed E-state index contributed by atoms with van der Waals surface area (Å²) in [5, 5.41) is 10.9. The maximum absolute atomic E-state index is 12.4. The fraction of sp³-hybridized carbons (Fsp3) is 0.824. The van der Waals surface area contributed by atoms with Gasteiger partial charge in [-0.25, -0.2) is 4.68 Å². The minimum absolute atomic E-state index is 0.148. The molecule has 1 amide bonds. The standard InChI is InChI=1S/C17H31N5O4/c1-5-25-15(26-6-2)12-22-11-14(19-20-22)16(23)18-13-17(3,4)21-7-9-24-10-8-21/h11,15H,5-10,12-13H2,1-4H3,(H,18,23). The topological polar surface area (TPSA) is 90.7 Å². The maximum Gasteiger partial charge on any atom is 0.273 e. The highest BCUT2D eigenvalue weighted by Crippen LogP contribution is 2.15. The molecule has 1 aromatic rings. The molecular formula is C17H31N5O4. The summed E-state index contributed by atoms with van der Waals surface area (Å²) in [6.45, 7) is 13.2. The lowest BCUT2D eigenvalue weighted by molar-refractivity contribution is -0.145. The van der Waals surface area contributed by atoms with Crippen LogP contribution < -0.4 is 5.32 Å². The molecule has 0 unspecified atom stereocenters. The number of nitrogens with zero attached hydrogens (tertiary/aromatic N) is 4. The Morgan fingerprint density at radius 3 is 2.58 bits per heavy atom. The van der Waals surface area contributed by atoms with Crippen molar-refractivity contribution in [3.8, 4) is 0 Å². The third-order valence-corrected chi connectivity index (χ3v) is 4.36. The van der Waals surface area contributed by atoms with Crippen LogP contribution in [0.4, 0.5) is 0 Å². The van der Waals surface area contributed by atoms with E-state index in [1.807, 2.05) is 13.8 Å². The third kappa shape index (κ3) is 6.01. The second-order valence-corrected chi connectivity index (χ2v) is 6.76. The summed E-state index contributed by atoms with van der Waals surface area (Å²) in [7, 11) is 0.